The summed E-state index contributed by atoms with van der Waals surface area (Å²) in [7, 11) is 1.42. The van der Waals surface area contributed by atoms with E-state index < -0.39 is 10.9 Å². The number of likely N-dealkylation sites (tertiary alicyclic amines) is 1. The zero-order chi connectivity index (χ0) is 18.4. The van der Waals surface area contributed by atoms with Crippen molar-refractivity contribution in [2.75, 3.05) is 33.3 Å². The van der Waals surface area contributed by atoms with Gasteiger partial charge < -0.3 is 9.84 Å². The second kappa shape index (κ2) is 10.3. The van der Waals surface area contributed by atoms with E-state index in [1.165, 1.54) is 7.11 Å². The zero-order valence-electron chi connectivity index (χ0n) is 15.1. The van der Waals surface area contributed by atoms with Crippen LogP contribution in [0.4, 0.5) is 5.69 Å². The van der Waals surface area contributed by atoms with Gasteiger partial charge in [-0.15, -0.1) is 12.4 Å². The number of methoxy groups -OCH3 is 1. The molecule has 8 nitrogen and oxygen atoms in total. The molecule has 26 heavy (non-hydrogen) atoms. The molecule has 0 spiro atoms. The van der Waals surface area contributed by atoms with Crippen LogP contribution in [-0.2, 0) is 11.3 Å². The van der Waals surface area contributed by atoms with E-state index in [0.717, 1.165) is 38.0 Å². The van der Waals surface area contributed by atoms with Crippen LogP contribution in [0.25, 0.3) is 0 Å². The summed E-state index contributed by atoms with van der Waals surface area (Å²) in [6.45, 7) is 5.11. The third-order valence-corrected chi connectivity index (χ3v) is 4.66. The van der Waals surface area contributed by atoms with Crippen LogP contribution in [0.5, 0.6) is 5.75 Å². The number of hydrogen-bond donors (Lipinski definition) is 1. The molecule has 0 aromatic heterocycles. The Balaban J connectivity index is 0.00000338. The molecule has 0 unspecified atom stereocenters. The maximum Gasteiger partial charge on any atom is 0.317 e. The van der Waals surface area contributed by atoms with Gasteiger partial charge in [-0.2, -0.15) is 0 Å². The topological polar surface area (TPSA) is 96.2 Å². The number of aliphatic carboxylic acids is 1. The summed E-state index contributed by atoms with van der Waals surface area (Å²) in [6.07, 6.45) is 1.80. The number of carboxylic acids is 1. The van der Waals surface area contributed by atoms with Crippen molar-refractivity contribution in [2.45, 2.75) is 32.4 Å². The highest BCUT2D eigenvalue weighted by molar-refractivity contribution is 5.85. The number of ether oxygens (including phenoxy) is 1. The van der Waals surface area contributed by atoms with Crippen molar-refractivity contribution in [3.05, 3.63) is 33.9 Å². The molecule has 1 heterocycles. The molecule has 0 bridgehead atoms. The van der Waals surface area contributed by atoms with Crippen LogP contribution in [0.3, 0.4) is 0 Å². The summed E-state index contributed by atoms with van der Waals surface area (Å²) in [5.74, 6) is -0.533. The predicted molar refractivity (Wildman–Crippen MR) is 100 cm³/mol. The van der Waals surface area contributed by atoms with E-state index in [2.05, 4.69) is 4.90 Å². The molecule has 146 valence electrons. The second-order valence-corrected chi connectivity index (χ2v) is 6.23. The van der Waals surface area contributed by atoms with Crippen molar-refractivity contribution in [3.8, 4) is 5.75 Å². The van der Waals surface area contributed by atoms with Crippen LogP contribution in [0.2, 0.25) is 0 Å². The van der Waals surface area contributed by atoms with Crippen LogP contribution >= 0.6 is 12.4 Å². The highest BCUT2D eigenvalue weighted by Crippen LogP contribution is 2.28. The first-order chi connectivity index (χ1) is 11.9. The van der Waals surface area contributed by atoms with Crippen molar-refractivity contribution in [3.63, 3.8) is 0 Å². The number of carbonyl (C=O) groups is 1. The Kier molecular flexibility index (Phi) is 8.77. The van der Waals surface area contributed by atoms with Gasteiger partial charge in [0.25, 0.3) is 0 Å². The third kappa shape index (κ3) is 5.82. The van der Waals surface area contributed by atoms with E-state index in [0.29, 0.717) is 6.54 Å². The van der Waals surface area contributed by atoms with Gasteiger partial charge in [0.2, 0.25) is 0 Å². The van der Waals surface area contributed by atoms with Gasteiger partial charge in [0.1, 0.15) is 0 Å². The number of nitro groups is 1. The fourth-order valence-corrected chi connectivity index (χ4v) is 3.35. The van der Waals surface area contributed by atoms with Gasteiger partial charge in [-0.25, -0.2) is 0 Å². The monoisotopic (exact) mass is 387 g/mol. The van der Waals surface area contributed by atoms with Crippen LogP contribution < -0.4 is 4.74 Å². The number of carboxylic acid groups (broad SMARTS) is 1. The largest absolute Gasteiger partial charge is 0.490 e. The van der Waals surface area contributed by atoms with Crippen molar-refractivity contribution < 1.29 is 19.6 Å². The Morgan fingerprint density at radius 1 is 1.42 bits per heavy atom. The molecule has 0 radical (unpaired) electrons. The molecule has 0 aliphatic carbocycles. The molecule has 0 atom stereocenters. The SMILES string of the molecule is CCN(CC(=O)O)C1CCN(Cc2ccc(OC)c([N+](=O)[O-])c2)CC1.Cl. The lowest BCUT2D eigenvalue weighted by Crippen LogP contribution is -2.46. The number of likely N-dealkylation sites (N-methyl/N-ethyl adjacent to an activating group) is 1. The van der Waals surface area contributed by atoms with E-state index in [-0.39, 0.29) is 36.4 Å². The average molecular weight is 388 g/mol. The maximum absolute atomic E-state index is 11.1. The van der Waals surface area contributed by atoms with Gasteiger partial charge >= 0.3 is 11.7 Å². The fraction of sp³-hybridized carbons (Fsp3) is 0.588. The lowest BCUT2D eigenvalue weighted by atomic mass is 10.0. The number of piperidine rings is 1. The minimum absolute atomic E-state index is 0. The first-order valence-corrected chi connectivity index (χ1v) is 8.44. The highest BCUT2D eigenvalue weighted by atomic mass is 35.5. The van der Waals surface area contributed by atoms with E-state index >= 15 is 0 Å². The van der Waals surface area contributed by atoms with E-state index in [1.807, 2.05) is 17.9 Å². The van der Waals surface area contributed by atoms with Gasteiger partial charge in [0.05, 0.1) is 18.6 Å². The lowest BCUT2D eigenvalue weighted by molar-refractivity contribution is -0.385. The molecular formula is C17H26ClN3O5. The van der Waals surface area contributed by atoms with Crippen LogP contribution in [0, 0.1) is 10.1 Å². The summed E-state index contributed by atoms with van der Waals surface area (Å²) in [5.41, 5.74) is 0.859. The molecule has 0 saturated carbocycles. The Hall–Kier alpha value is -1.90. The van der Waals surface area contributed by atoms with E-state index in [1.54, 1.807) is 12.1 Å². The quantitative estimate of drug-likeness (QED) is 0.540. The number of benzene rings is 1. The molecule has 1 aliphatic rings. The minimum atomic E-state index is -0.796. The van der Waals surface area contributed by atoms with E-state index in [9.17, 15) is 14.9 Å². The number of nitro benzene ring substituents is 1. The standard InChI is InChI=1S/C17H25N3O5.ClH/c1-3-19(12-17(21)22)14-6-8-18(9-7-14)11-13-4-5-16(25-2)15(10-13)20(23)24;/h4-5,10,14H,3,6-9,11-12H2,1-2H3,(H,21,22);1H. The number of hydrogen-bond acceptors (Lipinski definition) is 6. The number of rotatable bonds is 8. The van der Waals surface area contributed by atoms with Gasteiger partial charge in [0.15, 0.2) is 5.75 Å². The molecule has 1 saturated heterocycles. The van der Waals surface area contributed by atoms with Crippen molar-refractivity contribution >= 4 is 24.1 Å². The Labute approximate surface area is 159 Å². The molecule has 1 fully saturated rings. The molecular weight excluding hydrogens is 362 g/mol. The summed E-state index contributed by atoms with van der Waals surface area (Å²) in [6, 6.07) is 5.32. The van der Waals surface area contributed by atoms with Gasteiger partial charge in [-0.3, -0.25) is 24.7 Å². The summed E-state index contributed by atoms with van der Waals surface area (Å²) < 4.78 is 5.03. The van der Waals surface area contributed by atoms with E-state index in [4.69, 9.17) is 9.84 Å². The number of nitrogens with zero attached hydrogens (tertiary/aromatic N) is 3. The summed E-state index contributed by atoms with van der Waals surface area (Å²) in [5, 5.41) is 20.1. The van der Waals surface area contributed by atoms with Crippen molar-refractivity contribution in [2.24, 2.45) is 0 Å². The summed E-state index contributed by atoms with van der Waals surface area (Å²) in [4.78, 5) is 25.9. The molecule has 1 N–H and O–H groups in total. The normalized spacial score (nSPS) is 15.5. The molecule has 1 aromatic carbocycles. The van der Waals surface area contributed by atoms with Gasteiger partial charge in [-0.1, -0.05) is 13.0 Å². The smallest absolute Gasteiger partial charge is 0.317 e. The molecule has 0 amide bonds. The van der Waals surface area contributed by atoms with Gasteiger partial charge in [-0.05, 0) is 44.1 Å². The molecule has 9 heteroatoms. The first-order valence-electron chi connectivity index (χ1n) is 8.44. The van der Waals surface area contributed by atoms with Crippen LogP contribution in [0.1, 0.15) is 25.3 Å². The lowest BCUT2D eigenvalue weighted by Gasteiger charge is -2.37. The Bertz CT molecular complexity index is 620. The fourth-order valence-electron chi connectivity index (χ4n) is 3.35. The Morgan fingerprint density at radius 3 is 2.58 bits per heavy atom. The predicted octanol–water partition coefficient (Wildman–Crippen LogP) is 2.40. The zero-order valence-corrected chi connectivity index (χ0v) is 15.9. The van der Waals surface area contributed by atoms with Gasteiger partial charge in [0, 0.05) is 18.7 Å². The minimum Gasteiger partial charge on any atom is -0.490 e. The molecule has 1 aliphatic heterocycles. The second-order valence-electron chi connectivity index (χ2n) is 6.23. The third-order valence-electron chi connectivity index (χ3n) is 4.66. The average Bonchev–Trinajstić information content (AvgIpc) is 2.60. The summed E-state index contributed by atoms with van der Waals surface area (Å²) >= 11 is 0. The van der Waals surface area contributed by atoms with Crippen molar-refractivity contribution in [1.29, 1.82) is 0 Å². The van der Waals surface area contributed by atoms with Crippen LogP contribution in [0.15, 0.2) is 18.2 Å². The Morgan fingerprint density at radius 2 is 2.08 bits per heavy atom. The molecule has 2 rings (SSSR count). The highest BCUT2D eigenvalue weighted by Gasteiger charge is 2.25. The molecule has 1 aromatic rings. The maximum atomic E-state index is 11.1. The van der Waals surface area contributed by atoms with Crippen molar-refractivity contribution in [1.82, 2.24) is 9.80 Å². The van der Waals surface area contributed by atoms with Crippen LogP contribution in [-0.4, -0.2) is 65.1 Å². The first kappa shape index (κ1) is 22.1. The number of halogens is 1.